The third kappa shape index (κ3) is 2.91. The maximum Gasteiger partial charge on any atom is 0.358 e. The number of rotatable bonds is 5. The number of thiazole rings is 1. The van der Waals surface area contributed by atoms with Gasteiger partial charge in [0.25, 0.3) is 0 Å². The molecule has 0 aliphatic rings. The highest BCUT2D eigenvalue weighted by atomic mass is 32.1. The molecule has 1 N–H and O–H groups in total. The molecule has 0 aliphatic carbocycles. The van der Waals surface area contributed by atoms with Crippen LogP contribution in [0.2, 0.25) is 0 Å². The van der Waals surface area contributed by atoms with Gasteiger partial charge in [-0.2, -0.15) is 0 Å². The van der Waals surface area contributed by atoms with E-state index in [4.69, 9.17) is 9.47 Å². The first-order chi connectivity index (χ1) is 12.7. The summed E-state index contributed by atoms with van der Waals surface area (Å²) in [7, 11) is 0. The molecular formula is C19H16N2O4S. The number of aliphatic hydroxyl groups is 1. The van der Waals surface area contributed by atoms with E-state index in [1.807, 2.05) is 46.9 Å². The van der Waals surface area contributed by atoms with Crippen LogP contribution in [0, 0.1) is 0 Å². The lowest BCUT2D eigenvalue weighted by Gasteiger charge is -2.09. The Morgan fingerprint density at radius 1 is 1.27 bits per heavy atom. The topological polar surface area (TPSA) is 73.1 Å². The van der Waals surface area contributed by atoms with E-state index >= 15 is 0 Å². The van der Waals surface area contributed by atoms with Crippen molar-refractivity contribution in [2.75, 3.05) is 6.61 Å². The highest BCUT2D eigenvalue weighted by Gasteiger charge is 2.15. The Labute approximate surface area is 153 Å². The fraction of sp³-hybridized carbons (Fsp3) is 0.158. The van der Waals surface area contributed by atoms with E-state index < -0.39 is 5.97 Å². The molecule has 4 aromatic rings. The smallest absolute Gasteiger partial charge is 0.358 e. The summed E-state index contributed by atoms with van der Waals surface area (Å²) in [4.78, 5) is 16.9. The zero-order valence-electron chi connectivity index (χ0n) is 14.0. The van der Waals surface area contributed by atoms with E-state index in [1.54, 1.807) is 13.1 Å². The number of nitrogens with zero attached hydrogens (tertiary/aromatic N) is 2. The van der Waals surface area contributed by atoms with E-state index in [9.17, 15) is 9.90 Å². The summed E-state index contributed by atoms with van der Waals surface area (Å²) in [5.74, 6) is 0.880. The summed E-state index contributed by atoms with van der Waals surface area (Å²) in [6, 6.07) is 13.1. The number of fused-ring (bicyclic) bond motifs is 3. The van der Waals surface area contributed by atoms with Gasteiger partial charge >= 0.3 is 5.97 Å². The first-order valence-electron chi connectivity index (χ1n) is 8.15. The van der Waals surface area contributed by atoms with Gasteiger partial charge in [0, 0.05) is 17.8 Å². The second kappa shape index (κ2) is 6.78. The lowest BCUT2D eigenvalue weighted by atomic mass is 10.2. The summed E-state index contributed by atoms with van der Waals surface area (Å²) in [6.45, 7) is 2.00. The molecule has 0 radical (unpaired) electrons. The van der Waals surface area contributed by atoms with Gasteiger partial charge in [0.05, 0.1) is 23.4 Å². The number of para-hydroxylation sites is 1. The van der Waals surface area contributed by atoms with Crippen LogP contribution in [-0.2, 0) is 11.3 Å². The molecule has 0 unspecified atom stereocenters. The van der Waals surface area contributed by atoms with Crippen molar-refractivity contribution < 1.29 is 19.4 Å². The molecule has 0 fully saturated rings. The average molecular weight is 368 g/mol. The zero-order chi connectivity index (χ0) is 18.1. The van der Waals surface area contributed by atoms with Crippen molar-refractivity contribution in [2.45, 2.75) is 13.5 Å². The summed E-state index contributed by atoms with van der Waals surface area (Å²) in [5, 5.41) is 9.42. The average Bonchev–Trinajstić information content (AvgIpc) is 3.20. The van der Waals surface area contributed by atoms with Crippen LogP contribution < -0.4 is 4.74 Å². The van der Waals surface area contributed by atoms with Crippen molar-refractivity contribution in [3.8, 4) is 11.5 Å². The minimum absolute atomic E-state index is 0.0815. The van der Waals surface area contributed by atoms with Gasteiger partial charge in [0.15, 0.2) is 10.7 Å². The summed E-state index contributed by atoms with van der Waals surface area (Å²) >= 11 is 1.47. The Hall–Kier alpha value is -2.90. The van der Waals surface area contributed by atoms with Crippen LogP contribution in [0.25, 0.3) is 15.2 Å². The van der Waals surface area contributed by atoms with E-state index in [1.165, 1.54) is 11.3 Å². The van der Waals surface area contributed by atoms with E-state index in [0.717, 1.165) is 20.7 Å². The minimum Gasteiger partial charge on any atom is -0.461 e. The van der Waals surface area contributed by atoms with Crippen LogP contribution in [0.3, 0.4) is 0 Å². The molecule has 0 saturated carbocycles. The van der Waals surface area contributed by atoms with Gasteiger partial charge in [-0.25, -0.2) is 9.78 Å². The van der Waals surface area contributed by atoms with Gasteiger partial charge in [-0.3, -0.25) is 4.40 Å². The molecule has 26 heavy (non-hydrogen) atoms. The van der Waals surface area contributed by atoms with Crippen LogP contribution in [-0.4, -0.2) is 27.1 Å². The molecule has 4 rings (SSSR count). The molecule has 0 spiro atoms. The van der Waals surface area contributed by atoms with E-state index in [2.05, 4.69) is 4.98 Å². The first kappa shape index (κ1) is 16.6. The van der Waals surface area contributed by atoms with Crippen LogP contribution >= 0.6 is 11.3 Å². The normalized spacial score (nSPS) is 11.2. The molecular weight excluding hydrogens is 352 g/mol. The van der Waals surface area contributed by atoms with Crippen molar-refractivity contribution in [3.63, 3.8) is 0 Å². The highest BCUT2D eigenvalue weighted by Crippen LogP contribution is 2.32. The third-order valence-electron chi connectivity index (χ3n) is 3.92. The molecule has 2 aromatic carbocycles. The monoisotopic (exact) mass is 368 g/mol. The predicted molar refractivity (Wildman–Crippen MR) is 99.0 cm³/mol. The molecule has 0 aliphatic heterocycles. The SMILES string of the molecule is CCOC(=O)c1cn2c(n1)sc1cc(Oc3ccccc3CO)ccc12. The van der Waals surface area contributed by atoms with Crippen LogP contribution in [0.1, 0.15) is 23.0 Å². The number of aliphatic hydroxyl groups excluding tert-OH is 1. The molecule has 0 atom stereocenters. The molecule has 2 heterocycles. The number of carbonyl (C=O) groups excluding carboxylic acids is 1. The molecule has 0 amide bonds. The molecule has 7 heteroatoms. The molecule has 6 nitrogen and oxygen atoms in total. The van der Waals surface area contributed by atoms with Crippen LogP contribution in [0.15, 0.2) is 48.7 Å². The van der Waals surface area contributed by atoms with Crippen molar-refractivity contribution in [3.05, 3.63) is 59.9 Å². The van der Waals surface area contributed by atoms with Gasteiger partial charge in [0.2, 0.25) is 0 Å². The van der Waals surface area contributed by atoms with Crippen molar-refractivity contribution in [1.29, 1.82) is 0 Å². The van der Waals surface area contributed by atoms with Crippen molar-refractivity contribution in [2.24, 2.45) is 0 Å². The predicted octanol–water partition coefficient (Wildman–Crippen LogP) is 4.01. The quantitative estimate of drug-likeness (QED) is 0.539. The van der Waals surface area contributed by atoms with Gasteiger partial charge in [-0.05, 0) is 25.1 Å². The van der Waals surface area contributed by atoms with Gasteiger partial charge in [0.1, 0.15) is 11.5 Å². The van der Waals surface area contributed by atoms with Crippen molar-refractivity contribution >= 4 is 32.5 Å². The first-order valence-corrected chi connectivity index (χ1v) is 8.96. The summed E-state index contributed by atoms with van der Waals surface area (Å²) in [5.41, 5.74) is 1.97. The van der Waals surface area contributed by atoms with E-state index in [-0.39, 0.29) is 6.61 Å². The molecule has 0 saturated heterocycles. The van der Waals surface area contributed by atoms with E-state index in [0.29, 0.717) is 23.8 Å². The number of benzene rings is 2. The summed E-state index contributed by atoms with van der Waals surface area (Å²) in [6.07, 6.45) is 1.69. The lowest BCUT2D eigenvalue weighted by Crippen LogP contribution is -2.04. The fourth-order valence-corrected chi connectivity index (χ4v) is 3.75. The largest absolute Gasteiger partial charge is 0.461 e. The number of carbonyl (C=O) groups is 1. The minimum atomic E-state index is -0.419. The molecule has 0 bridgehead atoms. The molecule has 2 aromatic heterocycles. The number of esters is 1. The second-order valence-electron chi connectivity index (χ2n) is 5.60. The Morgan fingerprint density at radius 2 is 2.12 bits per heavy atom. The third-order valence-corrected chi connectivity index (χ3v) is 4.94. The number of hydrogen-bond acceptors (Lipinski definition) is 6. The Kier molecular flexibility index (Phi) is 4.32. The maximum absolute atomic E-state index is 11.8. The number of hydrogen-bond donors (Lipinski definition) is 1. The number of ether oxygens (including phenoxy) is 2. The van der Waals surface area contributed by atoms with Gasteiger partial charge in [-0.15, -0.1) is 0 Å². The molecule has 132 valence electrons. The summed E-state index contributed by atoms with van der Waals surface area (Å²) < 4.78 is 13.8. The Morgan fingerprint density at radius 3 is 2.92 bits per heavy atom. The standard InChI is InChI=1S/C19H16N2O4S/c1-2-24-18(23)14-10-21-15-8-7-13(9-17(15)26-19(21)20-14)25-16-6-4-3-5-12(16)11-22/h3-10,22H,2,11H2,1H3. The fourth-order valence-electron chi connectivity index (χ4n) is 2.71. The van der Waals surface area contributed by atoms with Gasteiger partial charge in [-0.1, -0.05) is 29.5 Å². The Balaban J connectivity index is 1.68. The number of aromatic nitrogens is 2. The van der Waals surface area contributed by atoms with Crippen LogP contribution in [0.4, 0.5) is 0 Å². The zero-order valence-corrected chi connectivity index (χ0v) is 14.8. The van der Waals surface area contributed by atoms with Crippen molar-refractivity contribution in [1.82, 2.24) is 9.38 Å². The van der Waals surface area contributed by atoms with Gasteiger partial charge < -0.3 is 14.6 Å². The Bertz CT molecular complexity index is 1100. The lowest BCUT2D eigenvalue weighted by molar-refractivity contribution is 0.0520. The second-order valence-corrected chi connectivity index (χ2v) is 6.61. The number of imidazole rings is 1. The highest BCUT2D eigenvalue weighted by molar-refractivity contribution is 7.23. The van der Waals surface area contributed by atoms with Crippen LogP contribution in [0.5, 0.6) is 11.5 Å². The maximum atomic E-state index is 11.8.